The van der Waals surface area contributed by atoms with E-state index in [0.717, 1.165) is 23.8 Å². The molecule has 0 aliphatic heterocycles. The standard InChI is InChI=1S/C13H12FN3O2S.C13H13N3O2S/c1-17-10(8-15)4-6-13(17)9-3-5-12(11(14)7-9)16-20(2,18)19;1-16-12(9-14)7-8-13(16)10-3-5-11(6-4-10)15-19(2,17)18/h3-7,16H,1-2H3;3-8,15H,1-2H3. The summed E-state index contributed by atoms with van der Waals surface area (Å²) in [4.78, 5) is 0. The van der Waals surface area contributed by atoms with Crippen LogP contribution in [-0.2, 0) is 34.1 Å². The highest BCUT2D eigenvalue weighted by Crippen LogP contribution is 2.26. The largest absolute Gasteiger partial charge is 0.335 e. The van der Waals surface area contributed by atoms with Crippen molar-refractivity contribution in [3.05, 3.63) is 83.9 Å². The molecule has 10 nitrogen and oxygen atoms in total. The average molecular weight is 569 g/mol. The van der Waals surface area contributed by atoms with Gasteiger partial charge in [0.25, 0.3) is 0 Å². The number of anilines is 2. The molecule has 0 saturated heterocycles. The van der Waals surface area contributed by atoms with Crippen molar-refractivity contribution >= 4 is 31.4 Å². The molecule has 0 aliphatic carbocycles. The highest BCUT2D eigenvalue weighted by molar-refractivity contribution is 7.92. The number of rotatable bonds is 6. The van der Waals surface area contributed by atoms with Crippen LogP contribution in [0.5, 0.6) is 0 Å². The first-order chi connectivity index (χ1) is 18.2. The molecule has 2 aromatic heterocycles. The van der Waals surface area contributed by atoms with E-state index in [1.807, 2.05) is 31.3 Å². The Morgan fingerprint density at radius 2 is 1.15 bits per heavy atom. The summed E-state index contributed by atoms with van der Waals surface area (Å²) in [7, 11) is -3.27. The molecule has 0 unspecified atom stereocenters. The molecule has 2 aromatic carbocycles. The molecule has 4 aromatic rings. The number of nitrogens with one attached hydrogen (secondary N) is 2. The fourth-order valence-corrected chi connectivity index (χ4v) is 4.84. The molecule has 0 amide bonds. The van der Waals surface area contributed by atoms with E-state index in [-0.39, 0.29) is 5.69 Å². The molecule has 0 radical (unpaired) electrons. The second-order valence-corrected chi connectivity index (χ2v) is 12.1. The highest BCUT2D eigenvalue weighted by Gasteiger charge is 2.12. The van der Waals surface area contributed by atoms with Crippen molar-refractivity contribution in [2.75, 3.05) is 22.0 Å². The lowest BCUT2D eigenvalue weighted by molar-refractivity contribution is 0.603. The third-order valence-electron chi connectivity index (χ3n) is 5.52. The van der Waals surface area contributed by atoms with Crippen molar-refractivity contribution in [3.8, 4) is 34.7 Å². The van der Waals surface area contributed by atoms with Crippen LogP contribution in [0.1, 0.15) is 11.4 Å². The molecule has 202 valence electrons. The first-order valence-electron chi connectivity index (χ1n) is 11.2. The lowest BCUT2D eigenvalue weighted by Crippen LogP contribution is -2.10. The van der Waals surface area contributed by atoms with Crippen LogP contribution in [0.15, 0.2) is 66.7 Å². The van der Waals surface area contributed by atoms with Gasteiger partial charge in [-0.15, -0.1) is 0 Å². The van der Waals surface area contributed by atoms with E-state index < -0.39 is 25.9 Å². The summed E-state index contributed by atoms with van der Waals surface area (Å²) >= 11 is 0. The van der Waals surface area contributed by atoms with E-state index in [0.29, 0.717) is 28.3 Å². The summed E-state index contributed by atoms with van der Waals surface area (Å²) in [5, 5.41) is 17.8. The van der Waals surface area contributed by atoms with Gasteiger partial charge in [0.05, 0.1) is 18.2 Å². The van der Waals surface area contributed by atoms with Crippen LogP contribution < -0.4 is 9.44 Å². The van der Waals surface area contributed by atoms with Crippen molar-refractivity contribution in [3.63, 3.8) is 0 Å². The van der Waals surface area contributed by atoms with Crippen molar-refractivity contribution in [2.24, 2.45) is 14.1 Å². The fourth-order valence-electron chi connectivity index (χ4n) is 3.71. The first kappa shape index (κ1) is 29.0. The zero-order chi connectivity index (χ0) is 29.0. The molecular formula is C26H25FN6O4S2. The second-order valence-electron chi connectivity index (χ2n) is 8.57. The topological polar surface area (TPSA) is 150 Å². The smallest absolute Gasteiger partial charge is 0.229 e. The van der Waals surface area contributed by atoms with Gasteiger partial charge in [0, 0.05) is 36.7 Å². The Balaban J connectivity index is 0.000000216. The quantitative estimate of drug-likeness (QED) is 0.359. The van der Waals surface area contributed by atoms with Gasteiger partial charge in [-0.05, 0) is 54.1 Å². The molecule has 0 saturated carbocycles. The van der Waals surface area contributed by atoms with Crippen LogP contribution in [-0.4, -0.2) is 38.5 Å². The number of nitriles is 2. The molecule has 0 atom stereocenters. The van der Waals surface area contributed by atoms with E-state index in [1.54, 1.807) is 52.6 Å². The Morgan fingerprint density at radius 3 is 1.56 bits per heavy atom. The number of halogens is 1. The van der Waals surface area contributed by atoms with E-state index in [2.05, 4.69) is 15.5 Å². The van der Waals surface area contributed by atoms with Crippen LogP contribution in [0.25, 0.3) is 22.5 Å². The lowest BCUT2D eigenvalue weighted by Gasteiger charge is -2.08. The van der Waals surface area contributed by atoms with Gasteiger partial charge in [0.15, 0.2) is 0 Å². The summed E-state index contributed by atoms with van der Waals surface area (Å²) in [5.41, 5.74) is 4.50. The number of aromatic nitrogens is 2. The van der Waals surface area contributed by atoms with Gasteiger partial charge in [-0.3, -0.25) is 9.44 Å². The van der Waals surface area contributed by atoms with Gasteiger partial charge in [-0.25, -0.2) is 21.2 Å². The van der Waals surface area contributed by atoms with Crippen molar-refractivity contribution in [1.29, 1.82) is 10.5 Å². The van der Waals surface area contributed by atoms with E-state index >= 15 is 0 Å². The Kier molecular flexibility index (Phi) is 8.49. The van der Waals surface area contributed by atoms with Crippen molar-refractivity contribution in [1.82, 2.24) is 9.13 Å². The molecule has 0 spiro atoms. The second kappa shape index (κ2) is 11.4. The van der Waals surface area contributed by atoms with Crippen LogP contribution >= 0.6 is 0 Å². The number of benzene rings is 2. The maximum atomic E-state index is 13.9. The minimum absolute atomic E-state index is 0.106. The highest BCUT2D eigenvalue weighted by atomic mass is 32.2. The molecule has 39 heavy (non-hydrogen) atoms. The number of hydrogen-bond acceptors (Lipinski definition) is 6. The van der Waals surface area contributed by atoms with E-state index in [4.69, 9.17) is 10.5 Å². The third-order valence-corrected chi connectivity index (χ3v) is 6.71. The molecule has 0 bridgehead atoms. The van der Waals surface area contributed by atoms with Gasteiger partial charge in [0.2, 0.25) is 20.0 Å². The van der Waals surface area contributed by atoms with Crippen LogP contribution in [0.2, 0.25) is 0 Å². The molecule has 13 heteroatoms. The van der Waals surface area contributed by atoms with E-state index in [1.165, 1.54) is 12.1 Å². The molecule has 0 aliphatic rings. The molecule has 2 heterocycles. The van der Waals surface area contributed by atoms with Crippen LogP contribution in [0.4, 0.5) is 15.8 Å². The average Bonchev–Trinajstić information content (AvgIpc) is 3.41. The molecular weight excluding hydrogens is 543 g/mol. The maximum absolute atomic E-state index is 13.9. The number of nitrogens with zero attached hydrogens (tertiary/aromatic N) is 4. The Morgan fingerprint density at radius 1 is 0.692 bits per heavy atom. The van der Waals surface area contributed by atoms with Gasteiger partial charge < -0.3 is 9.13 Å². The third kappa shape index (κ3) is 7.47. The minimum atomic E-state index is -3.52. The van der Waals surface area contributed by atoms with Crippen molar-refractivity contribution < 1.29 is 21.2 Å². The Hall–Kier alpha value is -4.59. The zero-order valence-electron chi connectivity index (χ0n) is 21.5. The summed E-state index contributed by atoms with van der Waals surface area (Å²) in [6, 6.07) is 22.2. The van der Waals surface area contributed by atoms with Gasteiger partial charge >= 0.3 is 0 Å². The molecule has 2 N–H and O–H groups in total. The minimum Gasteiger partial charge on any atom is -0.335 e. The van der Waals surface area contributed by atoms with Gasteiger partial charge in [-0.2, -0.15) is 10.5 Å². The van der Waals surface area contributed by atoms with Gasteiger partial charge in [-0.1, -0.05) is 18.2 Å². The predicted octanol–water partition coefficient (Wildman–Crippen LogP) is 4.01. The van der Waals surface area contributed by atoms with Crippen LogP contribution in [0, 0.1) is 28.5 Å². The SMILES string of the molecule is Cn1c(C#N)ccc1-c1ccc(NS(C)(=O)=O)c(F)c1.Cn1c(C#N)ccc1-c1ccc(NS(C)(=O)=O)cc1. The molecule has 0 fully saturated rings. The van der Waals surface area contributed by atoms with Crippen molar-refractivity contribution in [2.45, 2.75) is 0 Å². The molecule has 4 rings (SSSR count). The lowest BCUT2D eigenvalue weighted by atomic mass is 10.1. The summed E-state index contributed by atoms with van der Waals surface area (Å²) in [5.74, 6) is -0.673. The fraction of sp³-hybridized carbons (Fsp3) is 0.154. The maximum Gasteiger partial charge on any atom is 0.229 e. The first-order valence-corrected chi connectivity index (χ1v) is 15.0. The Bertz CT molecular complexity index is 1810. The monoisotopic (exact) mass is 568 g/mol. The summed E-state index contributed by atoms with van der Waals surface area (Å²) < 4.78 is 66.2. The van der Waals surface area contributed by atoms with E-state index in [9.17, 15) is 21.2 Å². The normalized spacial score (nSPS) is 11.1. The zero-order valence-corrected chi connectivity index (χ0v) is 23.1. The number of sulfonamides is 2. The Labute approximate surface area is 226 Å². The van der Waals surface area contributed by atoms with Crippen LogP contribution in [0.3, 0.4) is 0 Å². The predicted molar refractivity (Wildman–Crippen MR) is 148 cm³/mol. The van der Waals surface area contributed by atoms with Gasteiger partial charge in [0.1, 0.15) is 29.3 Å². The summed E-state index contributed by atoms with van der Waals surface area (Å²) in [6.45, 7) is 0. The number of hydrogen-bond donors (Lipinski definition) is 2. The summed E-state index contributed by atoms with van der Waals surface area (Å²) in [6.07, 6.45) is 2.06.